The Morgan fingerprint density at radius 1 is 1.38 bits per heavy atom. The molecule has 8 heteroatoms. The van der Waals surface area contributed by atoms with Gasteiger partial charge in [0.15, 0.2) is 10.9 Å². The molecule has 7 nitrogen and oxygen atoms in total. The van der Waals surface area contributed by atoms with Crippen LogP contribution < -0.4 is 16.4 Å². The number of thiazole rings is 1. The second-order valence-corrected chi connectivity index (χ2v) is 7.40. The number of hydrogen-bond acceptors (Lipinski definition) is 6. The molecule has 2 aromatic heterocycles. The van der Waals surface area contributed by atoms with Gasteiger partial charge in [0.1, 0.15) is 11.5 Å². The highest BCUT2D eigenvalue weighted by Crippen LogP contribution is 2.27. The van der Waals surface area contributed by atoms with Crippen molar-refractivity contribution in [1.82, 2.24) is 10.3 Å². The molecule has 130 valence electrons. The van der Waals surface area contributed by atoms with Crippen LogP contribution in [0.15, 0.2) is 21.9 Å². The molecule has 1 atom stereocenters. The summed E-state index contributed by atoms with van der Waals surface area (Å²) < 4.78 is 5.63. The van der Waals surface area contributed by atoms with E-state index in [1.54, 1.807) is 17.5 Å². The maximum Gasteiger partial charge on any atom is 0.243 e. The van der Waals surface area contributed by atoms with E-state index in [-0.39, 0.29) is 17.2 Å². The Bertz CT molecular complexity index is 730. The molecule has 0 radical (unpaired) electrons. The van der Waals surface area contributed by atoms with Gasteiger partial charge in [0.2, 0.25) is 11.8 Å². The fourth-order valence-corrected chi connectivity index (χ4v) is 2.55. The standard InChI is InChI=1S/C16H22N4O3S/c1-9(21)18-7-10-5-6-12(23-10)11-8-24-15(19-11)20-14(22)13(17)16(2,3)4/h5-6,8,13H,7,17H2,1-4H3,(H,18,21)(H,19,20,22)/t13-/m1/s1. The topological polar surface area (TPSA) is 110 Å². The van der Waals surface area contributed by atoms with E-state index in [0.717, 1.165) is 0 Å². The van der Waals surface area contributed by atoms with Crippen LogP contribution in [-0.4, -0.2) is 22.8 Å². The van der Waals surface area contributed by atoms with Crippen LogP contribution in [0.25, 0.3) is 11.5 Å². The van der Waals surface area contributed by atoms with Gasteiger partial charge in [-0.25, -0.2) is 4.98 Å². The van der Waals surface area contributed by atoms with Crippen LogP contribution in [0.3, 0.4) is 0 Å². The van der Waals surface area contributed by atoms with Gasteiger partial charge in [-0.15, -0.1) is 11.3 Å². The van der Waals surface area contributed by atoms with E-state index < -0.39 is 6.04 Å². The molecule has 0 aliphatic carbocycles. The molecule has 2 rings (SSSR count). The van der Waals surface area contributed by atoms with Crippen molar-refractivity contribution >= 4 is 28.3 Å². The molecule has 0 saturated carbocycles. The lowest BCUT2D eigenvalue weighted by Crippen LogP contribution is -2.45. The van der Waals surface area contributed by atoms with Crippen LogP contribution in [0, 0.1) is 5.41 Å². The molecule has 0 spiro atoms. The predicted molar refractivity (Wildman–Crippen MR) is 93.4 cm³/mol. The summed E-state index contributed by atoms with van der Waals surface area (Å²) in [6.45, 7) is 7.49. The number of aromatic nitrogens is 1. The molecule has 2 aromatic rings. The maximum absolute atomic E-state index is 12.1. The highest BCUT2D eigenvalue weighted by Gasteiger charge is 2.28. The van der Waals surface area contributed by atoms with E-state index in [2.05, 4.69) is 15.6 Å². The summed E-state index contributed by atoms with van der Waals surface area (Å²) in [4.78, 5) is 27.4. The minimum atomic E-state index is -0.627. The largest absolute Gasteiger partial charge is 0.458 e. The van der Waals surface area contributed by atoms with Crippen molar-refractivity contribution < 1.29 is 14.0 Å². The number of amides is 2. The number of anilines is 1. The SMILES string of the molecule is CC(=O)NCc1ccc(-c2csc(NC(=O)[C@@H](N)C(C)(C)C)n2)o1. The van der Waals surface area contributed by atoms with E-state index in [0.29, 0.717) is 28.9 Å². The van der Waals surface area contributed by atoms with Crippen molar-refractivity contribution in [2.75, 3.05) is 5.32 Å². The molecular formula is C16H22N4O3S. The monoisotopic (exact) mass is 350 g/mol. The van der Waals surface area contributed by atoms with Gasteiger partial charge in [-0.05, 0) is 17.5 Å². The molecule has 24 heavy (non-hydrogen) atoms. The molecular weight excluding hydrogens is 328 g/mol. The zero-order valence-electron chi connectivity index (χ0n) is 14.2. The lowest BCUT2D eigenvalue weighted by molar-refractivity contribution is -0.120. The zero-order valence-corrected chi connectivity index (χ0v) is 15.0. The molecule has 0 bridgehead atoms. The fourth-order valence-electron chi connectivity index (χ4n) is 1.84. The van der Waals surface area contributed by atoms with Crippen molar-refractivity contribution in [1.29, 1.82) is 0 Å². The quantitative estimate of drug-likeness (QED) is 0.766. The fraction of sp³-hybridized carbons (Fsp3) is 0.438. The normalized spacial score (nSPS) is 12.7. The molecule has 0 aliphatic heterocycles. The Morgan fingerprint density at radius 3 is 2.71 bits per heavy atom. The third kappa shape index (κ3) is 4.65. The Balaban J connectivity index is 2.03. The first kappa shape index (κ1) is 18.2. The minimum absolute atomic E-state index is 0.123. The lowest BCUT2D eigenvalue weighted by atomic mass is 9.87. The number of nitrogens with two attached hydrogens (primary N) is 1. The summed E-state index contributed by atoms with van der Waals surface area (Å²) in [5.74, 6) is 0.816. The summed E-state index contributed by atoms with van der Waals surface area (Å²) in [6.07, 6.45) is 0. The van der Waals surface area contributed by atoms with Crippen molar-refractivity contribution in [2.45, 2.75) is 40.3 Å². The van der Waals surface area contributed by atoms with Gasteiger partial charge < -0.3 is 20.8 Å². The first-order valence-electron chi connectivity index (χ1n) is 7.52. The molecule has 0 fully saturated rings. The average Bonchev–Trinajstić information content (AvgIpc) is 3.11. The average molecular weight is 350 g/mol. The molecule has 0 saturated heterocycles. The van der Waals surface area contributed by atoms with Crippen molar-refractivity contribution in [3.8, 4) is 11.5 Å². The van der Waals surface area contributed by atoms with Crippen molar-refractivity contribution in [3.63, 3.8) is 0 Å². The first-order valence-corrected chi connectivity index (χ1v) is 8.40. The number of rotatable bonds is 5. The third-order valence-corrected chi connectivity index (χ3v) is 4.13. The van der Waals surface area contributed by atoms with E-state index in [1.807, 2.05) is 20.8 Å². The summed E-state index contributed by atoms with van der Waals surface area (Å²) >= 11 is 1.30. The number of furan rings is 1. The van der Waals surface area contributed by atoms with Crippen molar-refractivity contribution in [3.05, 3.63) is 23.3 Å². The molecule has 4 N–H and O–H groups in total. The number of hydrogen-bond donors (Lipinski definition) is 3. The van der Waals surface area contributed by atoms with E-state index in [1.165, 1.54) is 18.3 Å². The summed E-state index contributed by atoms with van der Waals surface area (Å²) in [5.41, 5.74) is 6.22. The molecule has 0 unspecified atom stereocenters. The Morgan fingerprint density at radius 2 is 2.08 bits per heavy atom. The van der Waals surface area contributed by atoms with Crippen LogP contribution in [-0.2, 0) is 16.1 Å². The van der Waals surface area contributed by atoms with Crippen LogP contribution in [0.1, 0.15) is 33.5 Å². The maximum atomic E-state index is 12.1. The van der Waals surface area contributed by atoms with E-state index in [4.69, 9.17) is 10.2 Å². The predicted octanol–water partition coefficient (Wildman–Crippen LogP) is 2.35. The van der Waals surface area contributed by atoms with Gasteiger partial charge in [-0.3, -0.25) is 9.59 Å². The molecule has 2 amide bonds. The van der Waals surface area contributed by atoms with E-state index in [9.17, 15) is 9.59 Å². The van der Waals surface area contributed by atoms with Crippen LogP contribution >= 0.6 is 11.3 Å². The number of nitrogens with zero attached hydrogens (tertiary/aromatic N) is 1. The zero-order chi connectivity index (χ0) is 17.9. The first-order chi connectivity index (χ1) is 11.2. The second-order valence-electron chi connectivity index (χ2n) is 6.55. The van der Waals surface area contributed by atoms with Gasteiger partial charge in [0.05, 0.1) is 12.6 Å². The van der Waals surface area contributed by atoms with Gasteiger partial charge in [-0.2, -0.15) is 0 Å². The number of carbonyl (C=O) groups is 2. The van der Waals surface area contributed by atoms with Gasteiger partial charge in [0.25, 0.3) is 0 Å². The van der Waals surface area contributed by atoms with Crippen LogP contribution in [0.2, 0.25) is 0 Å². The smallest absolute Gasteiger partial charge is 0.243 e. The van der Waals surface area contributed by atoms with Gasteiger partial charge in [-0.1, -0.05) is 20.8 Å². The summed E-state index contributed by atoms with van der Waals surface area (Å²) in [7, 11) is 0. The highest BCUT2D eigenvalue weighted by atomic mass is 32.1. The van der Waals surface area contributed by atoms with Gasteiger partial charge in [0, 0.05) is 12.3 Å². The van der Waals surface area contributed by atoms with Crippen LogP contribution in [0.5, 0.6) is 0 Å². The number of carbonyl (C=O) groups excluding carboxylic acids is 2. The number of nitrogens with one attached hydrogen (secondary N) is 2. The Hall–Kier alpha value is -2.19. The molecule has 0 aliphatic rings. The van der Waals surface area contributed by atoms with Crippen LogP contribution in [0.4, 0.5) is 5.13 Å². The Kier molecular flexibility index (Phi) is 5.40. The second kappa shape index (κ2) is 7.14. The lowest BCUT2D eigenvalue weighted by Gasteiger charge is -2.25. The third-order valence-electron chi connectivity index (χ3n) is 3.38. The Labute approximate surface area is 144 Å². The minimum Gasteiger partial charge on any atom is -0.458 e. The van der Waals surface area contributed by atoms with Gasteiger partial charge >= 0.3 is 0 Å². The van der Waals surface area contributed by atoms with E-state index >= 15 is 0 Å². The summed E-state index contributed by atoms with van der Waals surface area (Å²) in [6, 6.07) is 2.93. The highest BCUT2D eigenvalue weighted by molar-refractivity contribution is 7.14. The summed E-state index contributed by atoms with van der Waals surface area (Å²) in [5, 5.41) is 7.65. The molecule has 0 aromatic carbocycles. The molecule has 2 heterocycles. The van der Waals surface area contributed by atoms with Crippen molar-refractivity contribution in [2.24, 2.45) is 11.1 Å².